The molecule has 0 aromatic heterocycles. The van der Waals surface area contributed by atoms with Crippen LogP contribution in [0.4, 0.5) is 0 Å². The minimum absolute atomic E-state index is 0.0620. The molecule has 1 amide bonds. The van der Waals surface area contributed by atoms with Gasteiger partial charge in [0.25, 0.3) is 5.91 Å². The first-order valence-corrected chi connectivity index (χ1v) is 8.22. The van der Waals surface area contributed by atoms with Crippen molar-refractivity contribution < 1.29 is 24.2 Å². The third kappa shape index (κ3) is 4.41. The van der Waals surface area contributed by atoms with Gasteiger partial charge in [-0.15, -0.1) is 0 Å². The van der Waals surface area contributed by atoms with Crippen LogP contribution >= 0.6 is 0 Å². The molecule has 1 aliphatic rings. The van der Waals surface area contributed by atoms with E-state index in [-0.39, 0.29) is 23.0 Å². The van der Waals surface area contributed by atoms with Crippen molar-refractivity contribution in [3.05, 3.63) is 23.8 Å². The van der Waals surface area contributed by atoms with Crippen LogP contribution in [0.3, 0.4) is 0 Å². The Labute approximate surface area is 146 Å². The lowest BCUT2D eigenvalue weighted by Crippen LogP contribution is -2.52. The van der Waals surface area contributed by atoms with Crippen LogP contribution in [0.1, 0.15) is 49.4 Å². The highest BCUT2D eigenvalue weighted by molar-refractivity contribution is 5.88. The zero-order valence-corrected chi connectivity index (χ0v) is 14.4. The SMILES string of the molecule is COc1cc(C(=O)O)ccc1O[C@H](C)C(=O)NC1(C#N)CCCCC1. The second-order valence-electron chi connectivity index (χ2n) is 6.17. The fourth-order valence-electron chi connectivity index (χ4n) is 2.90. The summed E-state index contributed by atoms with van der Waals surface area (Å²) in [6.45, 7) is 1.58. The first kappa shape index (κ1) is 18.6. The number of nitriles is 1. The monoisotopic (exact) mass is 346 g/mol. The van der Waals surface area contributed by atoms with Crippen molar-refractivity contribution in [3.8, 4) is 17.6 Å². The molecule has 1 fully saturated rings. The number of carbonyl (C=O) groups excluding carboxylic acids is 1. The van der Waals surface area contributed by atoms with E-state index in [1.165, 1.54) is 25.3 Å². The molecule has 1 saturated carbocycles. The molecule has 0 saturated heterocycles. The van der Waals surface area contributed by atoms with Crippen LogP contribution in [-0.2, 0) is 4.79 Å². The highest BCUT2D eigenvalue weighted by Gasteiger charge is 2.35. The van der Waals surface area contributed by atoms with Gasteiger partial charge in [0, 0.05) is 0 Å². The van der Waals surface area contributed by atoms with Crippen LogP contribution in [0.25, 0.3) is 0 Å². The number of carboxylic acid groups (broad SMARTS) is 1. The van der Waals surface area contributed by atoms with E-state index in [2.05, 4.69) is 11.4 Å². The first-order valence-electron chi connectivity index (χ1n) is 8.22. The number of nitrogens with zero attached hydrogens (tertiary/aromatic N) is 1. The minimum Gasteiger partial charge on any atom is -0.493 e. The Hall–Kier alpha value is -2.75. The average molecular weight is 346 g/mol. The van der Waals surface area contributed by atoms with Gasteiger partial charge in [-0.25, -0.2) is 4.79 Å². The number of hydrogen-bond donors (Lipinski definition) is 2. The number of aromatic carboxylic acids is 1. The van der Waals surface area contributed by atoms with E-state index >= 15 is 0 Å². The second-order valence-corrected chi connectivity index (χ2v) is 6.17. The summed E-state index contributed by atoms with van der Waals surface area (Å²) in [6, 6.07) is 6.39. The van der Waals surface area contributed by atoms with E-state index in [9.17, 15) is 14.9 Å². The lowest BCUT2D eigenvalue weighted by Gasteiger charge is -2.32. The van der Waals surface area contributed by atoms with Crippen LogP contribution in [0, 0.1) is 11.3 Å². The predicted octanol–water partition coefficient (Wildman–Crippen LogP) is 2.50. The molecule has 0 spiro atoms. The molecular formula is C18H22N2O5. The van der Waals surface area contributed by atoms with Gasteiger partial charge in [0.15, 0.2) is 17.6 Å². The molecule has 7 heteroatoms. The standard InChI is InChI=1S/C18H22N2O5/c1-12(16(21)20-18(11-19)8-4-3-5-9-18)25-14-7-6-13(17(22)23)10-15(14)24-2/h6-7,10,12H,3-5,8-9H2,1-2H3,(H,20,21)(H,22,23)/t12-/m1/s1. The van der Waals surface area contributed by atoms with Crippen LogP contribution in [0.5, 0.6) is 11.5 Å². The fraction of sp³-hybridized carbons (Fsp3) is 0.500. The number of carboxylic acids is 1. The third-order valence-corrected chi connectivity index (χ3v) is 4.37. The molecule has 2 rings (SSSR count). The lowest BCUT2D eigenvalue weighted by molar-refractivity contribution is -0.129. The average Bonchev–Trinajstić information content (AvgIpc) is 2.62. The third-order valence-electron chi connectivity index (χ3n) is 4.37. The Kier molecular flexibility index (Phi) is 5.86. The summed E-state index contributed by atoms with van der Waals surface area (Å²) < 4.78 is 10.8. The van der Waals surface area contributed by atoms with Crippen LogP contribution < -0.4 is 14.8 Å². The molecule has 1 atom stereocenters. The molecule has 0 unspecified atom stereocenters. The van der Waals surface area contributed by atoms with Gasteiger partial charge in [-0.05, 0) is 38.0 Å². The summed E-state index contributed by atoms with van der Waals surface area (Å²) in [4.78, 5) is 23.4. The number of benzene rings is 1. The molecule has 0 radical (unpaired) electrons. The van der Waals surface area contributed by atoms with Crippen LogP contribution in [0.2, 0.25) is 0 Å². The van der Waals surface area contributed by atoms with Crippen molar-refractivity contribution in [1.29, 1.82) is 5.26 Å². The topological polar surface area (TPSA) is 109 Å². The molecule has 0 bridgehead atoms. The zero-order valence-electron chi connectivity index (χ0n) is 14.4. The van der Waals surface area contributed by atoms with Gasteiger partial charge in [-0.3, -0.25) is 4.79 Å². The minimum atomic E-state index is -1.08. The molecule has 1 aromatic carbocycles. The Morgan fingerprint density at radius 3 is 2.52 bits per heavy atom. The van der Waals surface area contributed by atoms with Crippen molar-refractivity contribution in [2.24, 2.45) is 0 Å². The van der Waals surface area contributed by atoms with Gasteiger partial charge in [0.1, 0.15) is 5.54 Å². The van der Waals surface area contributed by atoms with E-state index in [0.717, 1.165) is 19.3 Å². The lowest BCUT2D eigenvalue weighted by atomic mass is 9.83. The number of carbonyl (C=O) groups is 2. The van der Waals surface area contributed by atoms with Gasteiger partial charge in [0.2, 0.25) is 0 Å². The molecule has 2 N–H and O–H groups in total. The number of nitrogens with one attached hydrogen (secondary N) is 1. The summed E-state index contributed by atoms with van der Waals surface area (Å²) in [5, 5.41) is 21.3. The van der Waals surface area contributed by atoms with E-state index in [1.54, 1.807) is 6.92 Å². The summed E-state index contributed by atoms with van der Waals surface area (Å²) >= 11 is 0. The van der Waals surface area contributed by atoms with Crippen molar-refractivity contribution in [3.63, 3.8) is 0 Å². The van der Waals surface area contributed by atoms with Crippen molar-refractivity contribution >= 4 is 11.9 Å². The highest BCUT2D eigenvalue weighted by Crippen LogP contribution is 2.30. The van der Waals surface area contributed by atoms with E-state index < -0.39 is 17.6 Å². The zero-order chi connectivity index (χ0) is 18.4. The number of rotatable bonds is 6. The molecular weight excluding hydrogens is 324 g/mol. The van der Waals surface area contributed by atoms with Gasteiger partial charge >= 0.3 is 5.97 Å². The van der Waals surface area contributed by atoms with Gasteiger partial charge < -0.3 is 19.9 Å². The Bertz CT molecular complexity index is 689. The van der Waals surface area contributed by atoms with Crippen molar-refractivity contribution in [2.45, 2.75) is 50.7 Å². The summed E-state index contributed by atoms with van der Waals surface area (Å²) in [5.74, 6) is -0.964. The van der Waals surface area contributed by atoms with Crippen LogP contribution in [0.15, 0.2) is 18.2 Å². The van der Waals surface area contributed by atoms with E-state index in [4.69, 9.17) is 14.6 Å². The number of ether oxygens (including phenoxy) is 2. The van der Waals surface area contributed by atoms with Gasteiger partial charge in [-0.1, -0.05) is 19.3 Å². The second kappa shape index (κ2) is 7.88. The molecule has 0 heterocycles. The maximum atomic E-state index is 12.4. The largest absolute Gasteiger partial charge is 0.493 e. The predicted molar refractivity (Wildman–Crippen MR) is 89.6 cm³/mol. The van der Waals surface area contributed by atoms with Crippen molar-refractivity contribution in [1.82, 2.24) is 5.32 Å². The Morgan fingerprint density at radius 1 is 1.28 bits per heavy atom. The number of amides is 1. The maximum Gasteiger partial charge on any atom is 0.335 e. The normalized spacial score (nSPS) is 17.0. The summed E-state index contributed by atoms with van der Waals surface area (Å²) in [5.41, 5.74) is -0.767. The van der Waals surface area contributed by atoms with Crippen LogP contribution in [-0.4, -0.2) is 35.7 Å². The van der Waals surface area contributed by atoms with Crippen molar-refractivity contribution in [2.75, 3.05) is 7.11 Å². The Morgan fingerprint density at radius 2 is 1.96 bits per heavy atom. The summed E-state index contributed by atoms with van der Waals surface area (Å²) in [6.07, 6.45) is 3.31. The first-order chi connectivity index (χ1) is 11.9. The van der Waals surface area contributed by atoms with E-state index in [1.807, 2.05) is 0 Å². The Balaban J connectivity index is 2.08. The smallest absolute Gasteiger partial charge is 0.335 e. The quantitative estimate of drug-likeness (QED) is 0.819. The maximum absolute atomic E-state index is 12.4. The molecule has 7 nitrogen and oxygen atoms in total. The number of hydrogen-bond acceptors (Lipinski definition) is 5. The van der Waals surface area contributed by atoms with E-state index in [0.29, 0.717) is 12.8 Å². The van der Waals surface area contributed by atoms with Gasteiger partial charge in [-0.2, -0.15) is 5.26 Å². The molecule has 1 aromatic rings. The number of methoxy groups -OCH3 is 1. The molecule has 25 heavy (non-hydrogen) atoms. The fourth-order valence-corrected chi connectivity index (χ4v) is 2.90. The summed E-state index contributed by atoms with van der Waals surface area (Å²) in [7, 11) is 1.39. The molecule has 0 aliphatic heterocycles. The van der Waals surface area contributed by atoms with Gasteiger partial charge in [0.05, 0.1) is 18.7 Å². The highest BCUT2D eigenvalue weighted by atomic mass is 16.5. The molecule has 134 valence electrons. The molecule has 1 aliphatic carbocycles.